The summed E-state index contributed by atoms with van der Waals surface area (Å²) < 4.78 is 5.82. The molecule has 1 aliphatic carbocycles. The fraction of sp³-hybridized carbons (Fsp3) is 0.923. The molecule has 17 heavy (non-hydrogen) atoms. The molecule has 1 heterocycles. The molecule has 4 heteroatoms. The molecule has 0 aromatic carbocycles. The monoisotopic (exact) mass is 241 g/mol. The summed E-state index contributed by atoms with van der Waals surface area (Å²) in [7, 11) is 0. The number of ether oxygens (including phenoxy) is 1. The fourth-order valence-corrected chi connectivity index (χ4v) is 3.05. The summed E-state index contributed by atoms with van der Waals surface area (Å²) in [5, 5.41) is 8.60. The lowest BCUT2D eigenvalue weighted by atomic mass is 9.90. The molecular weight excluding hydrogens is 218 g/mol. The van der Waals surface area contributed by atoms with Crippen LogP contribution in [0, 0.1) is 0 Å². The number of hydrogen-bond acceptors (Lipinski definition) is 3. The summed E-state index contributed by atoms with van der Waals surface area (Å²) in [6.45, 7) is 2.91. The van der Waals surface area contributed by atoms with Crippen molar-refractivity contribution < 1.29 is 14.6 Å². The predicted molar refractivity (Wildman–Crippen MR) is 65.1 cm³/mol. The van der Waals surface area contributed by atoms with Crippen molar-refractivity contribution in [3.63, 3.8) is 0 Å². The molecule has 2 fully saturated rings. The van der Waals surface area contributed by atoms with Crippen LogP contribution in [-0.4, -0.2) is 47.8 Å². The van der Waals surface area contributed by atoms with E-state index >= 15 is 0 Å². The first-order chi connectivity index (χ1) is 8.27. The molecule has 0 aromatic rings. The molecule has 0 aromatic heterocycles. The van der Waals surface area contributed by atoms with E-state index in [2.05, 4.69) is 4.90 Å². The molecule has 4 nitrogen and oxygen atoms in total. The van der Waals surface area contributed by atoms with E-state index in [9.17, 15) is 4.79 Å². The van der Waals surface area contributed by atoms with Gasteiger partial charge in [0.15, 0.2) is 0 Å². The first kappa shape index (κ1) is 12.8. The lowest BCUT2D eigenvalue weighted by Crippen LogP contribution is -2.52. The number of nitrogens with zero attached hydrogens (tertiary/aromatic N) is 1. The maximum absolute atomic E-state index is 10.4. The lowest BCUT2D eigenvalue weighted by Gasteiger charge is -2.43. The van der Waals surface area contributed by atoms with E-state index in [-0.39, 0.29) is 0 Å². The highest BCUT2D eigenvalue weighted by Gasteiger charge is 2.33. The molecular formula is C13H23NO3. The Kier molecular flexibility index (Phi) is 4.80. The zero-order chi connectivity index (χ0) is 12.1. The third-order valence-corrected chi connectivity index (χ3v) is 3.93. The standard InChI is InChI=1S/C13H23NO3/c15-13(16)7-3-4-8-14-9-10-17-12-6-2-1-5-11(12)14/h11-12H,1-10H2,(H,15,16). The zero-order valence-electron chi connectivity index (χ0n) is 10.4. The SMILES string of the molecule is O=C(O)CCCCN1CCOC2CCCCC21. The van der Waals surface area contributed by atoms with E-state index in [1.165, 1.54) is 25.7 Å². The van der Waals surface area contributed by atoms with Gasteiger partial charge in [-0.15, -0.1) is 0 Å². The number of carboxylic acid groups (broad SMARTS) is 1. The molecule has 1 saturated heterocycles. The van der Waals surface area contributed by atoms with Gasteiger partial charge in [0.05, 0.1) is 12.7 Å². The molecule has 98 valence electrons. The van der Waals surface area contributed by atoms with E-state index in [0.29, 0.717) is 18.6 Å². The van der Waals surface area contributed by atoms with E-state index in [1.807, 2.05) is 0 Å². The third kappa shape index (κ3) is 3.68. The maximum Gasteiger partial charge on any atom is 0.303 e. The van der Waals surface area contributed by atoms with Gasteiger partial charge in [-0.25, -0.2) is 0 Å². The van der Waals surface area contributed by atoms with Gasteiger partial charge in [0.25, 0.3) is 0 Å². The van der Waals surface area contributed by atoms with Crippen LogP contribution in [-0.2, 0) is 9.53 Å². The van der Waals surface area contributed by atoms with Crippen LogP contribution < -0.4 is 0 Å². The molecule has 0 amide bonds. The molecule has 0 radical (unpaired) electrons. The van der Waals surface area contributed by atoms with Gasteiger partial charge >= 0.3 is 5.97 Å². The van der Waals surface area contributed by atoms with Crippen LogP contribution in [0.25, 0.3) is 0 Å². The summed E-state index contributed by atoms with van der Waals surface area (Å²) in [4.78, 5) is 13.0. The van der Waals surface area contributed by atoms with Crippen LogP contribution in [0.4, 0.5) is 0 Å². The number of fused-ring (bicyclic) bond motifs is 1. The van der Waals surface area contributed by atoms with E-state index < -0.39 is 5.97 Å². The van der Waals surface area contributed by atoms with Crippen molar-refractivity contribution in [3.05, 3.63) is 0 Å². The molecule has 0 bridgehead atoms. The lowest BCUT2D eigenvalue weighted by molar-refractivity contribution is -0.137. The number of rotatable bonds is 5. The predicted octanol–water partition coefficient (Wildman–Crippen LogP) is 1.88. The molecule has 1 saturated carbocycles. The van der Waals surface area contributed by atoms with Gasteiger partial charge in [-0.3, -0.25) is 9.69 Å². The minimum atomic E-state index is -0.678. The highest BCUT2D eigenvalue weighted by atomic mass is 16.5. The first-order valence-electron chi connectivity index (χ1n) is 6.85. The van der Waals surface area contributed by atoms with E-state index in [0.717, 1.165) is 32.5 Å². The van der Waals surface area contributed by atoms with Gasteiger partial charge < -0.3 is 9.84 Å². The van der Waals surface area contributed by atoms with Crippen molar-refractivity contribution in [1.29, 1.82) is 0 Å². The normalized spacial score (nSPS) is 29.9. The Morgan fingerprint density at radius 2 is 2.12 bits per heavy atom. The number of carbonyl (C=O) groups is 1. The second kappa shape index (κ2) is 6.36. The largest absolute Gasteiger partial charge is 0.481 e. The van der Waals surface area contributed by atoms with Gasteiger partial charge in [-0.2, -0.15) is 0 Å². The van der Waals surface area contributed by atoms with Gasteiger partial charge in [0, 0.05) is 19.0 Å². The van der Waals surface area contributed by atoms with Crippen LogP contribution in [0.5, 0.6) is 0 Å². The first-order valence-corrected chi connectivity index (χ1v) is 6.85. The minimum Gasteiger partial charge on any atom is -0.481 e. The highest BCUT2D eigenvalue weighted by molar-refractivity contribution is 5.66. The molecule has 2 atom stereocenters. The van der Waals surface area contributed by atoms with Crippen molar-refractivity contribution in [3.8, 4) is 0 Å². The van der Waals surface area contributed by atoms with Crippen LogP contribution in [0.15, 0.2) is 0 Å². The molecule has 2 aliphatic rings. The number of aliphatic carboxylic acids is 1. The Balaban J connectivity index is 1.73. The number of unbranched alkanes of at least 4 members (excludes halogenated alkanes) is 1. The van der Waals surface area contributed by atoms with Crippen LogP contribution in [0.1, 0.15) is 44.9 Å². The molecule has 0 spiro atoms. The second-order valence-corrected chi connectivity index (χ2v) is 5.15. The van der Waals surface area contributed by atoms with Crippen LogP contribution >= 0.6 is 0 Å². The summed E-state index contributed by atoms with van der Waals surface area (Å²) in [5.41, 5.74) is 0. The van der Waals surface area contributed by atoms with Crippen molar-refractivity contribution >= 4 is 5.97 Å². The zero-order valence-corrected chi connectivity index (χ0v) is 10.4. The van der Waals surface area contributed by atoms with Gasteiger partial charge in [-0.05, 0) is 32.2 Å². The van der Waals surface area contributed by atoms with Crippen molar-refractivity contribution in [1.82, 2.24) is 4.90 Å². The smallest absolute Gasteiger partial charge is 0.303 e. The fourth-order valence-electron chi connectivity index (χ4n) is 3.05. The van der Waals surface area contributed by atoms with E-state index in [4.69, 9.17) is 9.84 Å². The third-order valence-electron chi connectivity index (χ3n) is 3.93. The topological polar surface area (TPSA) is 49.8 Å². The average molecular weight is 241 g/mol. The molecule has 1 N–H and O–H groups in total. The Morgan fingerprint density at radius 3 is 2.94 bits per heavy atom. The van der Waals surface area contributed by atoms with Gasteiger partial charge in [0.2, 0.25) is 0 Å². The van der Waals surface area contributed by atoms with Crippen molar-refractivity contribution in [2.45, 2.75) is 57.1 Å². The van der Waals surface area contributed by atoms with Crippen molar-refractivity contribution in [2.75, 3.05) is 19.7 Å². The summed E-state index contributed by atoms with van der Waals surface area (Å²) >= 11 is 0. The summed E-state index contributed by atoms with van der Waals surface area (Å²) in [5.74, 6) is -0.678. The average Bonchev–Trinajstić information content (AvgIpc) is 2.34. The molecule has 2 rings (SSSR count). The Labute approximate surface area is 103 Å². The second-order valence-electron chi connectivity index (χ2n) is 5.15. The Hall–Kier alpha value is -0.610. The van der Waals surface area contributed by atoms with Gasteiger partial charge in [-0.1, -0.05) is 12.8 Å². The number of morpholine rings is 1. The van der Waals surface area contributed by atoms with Crippen molar-refractivity contribution in [2.24, 2.45) is 0 Å². The molecule has 2 unspecified atom stereocenters. The minimum absolute atomic E-state index is 0.304. The molecule has 1 aliphatic heterocycles. The summed E-state index contributed by atoms with van der Waals surface area (Å²) in [6.07, 6.45) is 7.61. The highest BCUT2D eigenvalue weighted by Crippen LogP contribution is 2.28. The Bertz CT molecular complexity index is 255. The number of hydrogen-bond donors (Lipinski definition) is 1. The quantitative estimate of drug-likeness (QED) is 0.747. The summed E-state index contributed by atoms with van der Waals surface area (Å²) in [6, 6.07) is 0.599. The van der Waals surface area contributed by atoms with E-state index in [1.54, 1.807) is 0 Å². The van der Waals surface area contributed by atoms with Gasteiger partial charge in [0.1, 0.15) is 0 Å². The van der Waals surface area contributed by atoms with Crippen LogP contribution in [0.2, 0.25) is 0 Å². The maximum atomic E-state index is 10.4. The number of carboxylic acids is 1. The van der Waals surface area contributed by atoms with Crippen LogP contribution in [0.3, 0.4) is 0 Å². The Morgan fingerprint density at radius 1 is 1.29 bits per heavy atom.